The van der Waals surface area contributed by atoms with Gasteiger partial charge in [0.2, 0.25) is 11.8 Å². The fourth-order valence-corrected chi connectivity index (χ4v) is 2.70. The monoisotopic (exact) mass is 329 g/mol. The molecular formula is C18H19NO5. The molecule has 1 atom stereocenters. The van der Waals surface area contributed by atoms with Gasteiger partial charge in [0.25, 0.3) is 0 Å². The molecule has 1 fully saturated rings. The smallest absolute Gasteiger partial charge is 0.303 e. The van der Waals surface area contributed by atoms with Gasteiger partial charge in [-0.05, 0) is 30.9 Å². The second-order valence-corrected chi connectivity index (χ2v) is 5.92. The standard InChI is InChI=1S/C18H19NO5/c1-10(2)14-9-11(4-8-16(21)22)3-5-12(14)17(23)13-6-7-15(20)19-18(13)24/h3,5,9,13H,1,4,6-8H2,2H3,(H,21,22)(H,19,20,24). The molecule has 6 nitrogen and oxygen atoms in total. The average molecular weight is 329 g/mol. The molecule has 0 radical (unpaired) electrons. The van der Waals surface area contributed by atoms with Crippen LogP contribution in [-0.4, -0.2) is 28.7 Å². The highest BCUT2D eigenvalue weighted by Crippen LogP contribution is 2.25. The third-order valence-electron chi connectivity index (χ3n) is 3.99. The number of nitrogens with one attached hydrogen (secondary N) is 1. The van der Waals surface area contributed by atoms with Gasteiger partial charge in [-0.25, -0.2) is 0 Å². The molecule has 6 heteroatoms. The zero-order valence-electron chi connectivity index (χ0n) is 13.4. The number of benzene rings is 1. The number of piperidine rings is 1. The number of hydrogen-bond donors (Lipinski definition) is 2. The van der Waals surface area contributed by atoms with Crippen molar-refractivity contribution in [3.8, 4) is 0 Å². The highest BCUT2D eigenvalue weighted by molar-refractivity contribution is 6.16. The average Bonchev–Trinajstić information content (AvgIpc) is 2.52. The molecule has 126 valence electrons. The number of ketones is 1. The Morgan fingerprint density at radius 1 is 1.29 bits per heavy atom. The van der Waals surface area contributed by atoms with Crippen LogP contribution in [0.15, 0.2) is 24.8 Å². The third kappa shape index (κ3) is 3.95. The Bertz CT molecular complexity index is 735. The Morgan fingerprint density at radius 2 is 2.00 bits per heavy atom. The fraction of sp³-hybridized carbons (Fsp3) is 0.333. The van der Waals surface area contributed by atoms with Crippen molar-refractivity contribution in [2.75, 3.05) is 0 Å². The van der Waals surface area contributed by atoms with Crippen molar-refractivity contribution in [1.82, 2.24) is 5.32 Å². The number of Topliss-reactive ketones (excluding diaryl/α,β-unsaturated/α-hetero) is 1. The number of aryl methyl sites for hydroxylation is 1. The van der Waals surface area contributed by atoms with E-state index >= 15 is 0 Å². The van der Waals surface area contributed by atoms with Crippen molar-refractivity contribution in [1.29, 1.82) is 0 Å². The molecule has 0 aliphatic carbocycles. The lowest BCUT2D eigenvalue weighted by molar-refractivity contribution is -0.137. The van der Waals surface area contributed by atoms with Crippen molar-refractivity contribution in [3.05, 3.63) is 41.5 Å². The number of hydrogen-bond acceptors (Lipinski definition) is 4. The van der Waals surface area contributed by atoms with Crippen LogP contribution in [0.25, 0.3) is 5.57 Å². The summed E-state index contributed by atoms with van der Waals surface area (Å²) in [6.45, 7) is 5.61. The maximum absolute atomic E-state index is 12.7. The van der Waals surface area contributed by atoms with Gasteiger partial charge in [0, 0.05) is 18.4 Å². The van der Waals surface area contributed by atoms with E-state index in [9.17, 15) is 19.2 Å². The van der Waals surface area contributed by atoms with E-state index < -0.39 is 17.8 Å². The van der Waals surface area contributed by atoms with Gasteiger partial charge in [-0.3, -0.25) is 24.5 Å². The first kappa shape index (κ1) is 17.6. The predicted octanol–water partition coefficient (Wildman–Crippen LogP) is 1.97. The molecule has 24 heavy (non-hydrogen) atoms. The molecule has 0 saturated carbocycles. The molecule has 1 aliphatic heterocycles. The minimum atomic E-state index is -0.893. The molecular weight excluding hydrogens is 310 g/mol. The van der Waals surface area contributed by atoms with E-state index in [2.05, 4.69) is 11.9 Å². The number of amides is 2. The molecule has 1 heterocycles. The summed E-state index contributed by atoms with van der Waals surface area (Å²) in [5.41, 5.74) is 2.42. The Kier molecular flexibility index (Phi) is 5.28. The zero-order chi connectivity index (χ0) is 17.9. The summed E-state index contributed by atoms with van der Waals surface area (Å²) in [6.07, 6.45) is 0.680. The van der Waals surface area contributed by atoms with Crippen LogP contribution in [0.2, 0.25) is 0 Å². The van der Waals surface area contributed by atoms with E-state index in [1.807, 2.05) is 0 Å². The Labute approximate surface area is 139 Å². The van der Waals surface area contributed by atoms with Crippen LogP contribution in [0.3, 0.4) is 0 Å². The molecule has 0 aromatic heterocycles. The van der Waals surface area contributed by atoms with Gasteiger partial charge in [0.05, 0.1) is 0 Å². The van der Waals surface area contributed by atoms with Gasteiger partial charge in [-0.1, -0.05) is 30.4 Å². The minimum absolute atomic E-state index is 0.00390. The fourth-order valence-electron chi connectivity index (χ4n) is 2.70. The summed E-state index contributed by atoms with van der Waals surface area (Å²) in [7, 11) is 0. The molecule has 1 unspecified atom stereocenters. The maximum atomic E-state index is 12.7. The second kappa shape index (κ2) is 7.21. The number of imide groups is 1. The van der Waals surface area contributed by atoms with Gasteiger partial charge in [-0.2, -0.15) is 0 Å². The maximum Gasteiger partial charge on any atom is 0.303 e. The van der Waals surface area contributed by atoms with Gasteiger partial charge in [0.15, 0.2) is 5.78 Å². The van der Waals surface area contributed by atoms with Crippen molar-refractivity contribution >= 4 is 29.1 Å². The van der Waals surface area contributed by atoms with Crippen molar-refractivity contribution in [3.63, 3.8) is 0 Å². The van der Waals surface area contributed by atoms with Gasteiger partial charge in [-0.15, -0.1) is 0 Å². The lowest BCUT2D eigenvalue weighted by Crippen LogP contribution is -2.44. The van der Waals surface area contributed by atoms with Crippen LogP contribution in [0.5, 0.6) is 0 Å². The first-order chi connectivity index (χ1) is 11.3. The van der Waals surface area contributed by atoms with Crippen LogP contribution in [0.1, 0.15) is 47.7 Å². The summed E-state index contributed by atoms with van der Waals surface area (Å²) in [6, 6.07) is 5.03. The number of rotatable bonds is 6. The minimum Gasteiger partial charge on any atom is -0.481 e. The topological polar surface area (TPSA) is 101 Å². The quantitative estimate of drug-likeness (QED) is 0.472. The number of aliphatic carboxylic acids is 1. The summed E-state index contributed by atoms with van der Waals surface area (Å²) >= 11 is 0. The first-order valence-corrected chi connectivity index (χ1v) is 7.68. The predicted molar refractivity (Wildman–Crippen MR) is 87.3 cm³/mol. The first-order valence-electron chi connectivity index (χ1n) is 7.68. The van der Waals surface area contributed by atoms with Gasteiger partial charge in [0.1, 0.15) is 5.92 Å². The van der Waals surface area contributed by atoms with E-state index in [4.69, 9.17) is 5.11 Å². The Morgan fingerprint density at radius 3 is 2.58 bits per heavy atom. The summed E-state index contributed by atoms with van der Waals surface area (Å²) in [5.74, 6) is -3.06. The van der Waals surface area contributed by atoms with Crippen molar-refractivity contribution in [2.24, 2.45) is 5.92 Å². The van der Waals surface area contributed by atoms with Crippen LogP contribution in [0.4, 0.5) is 0 Å². The van der Waals surface area contributed by atoms with Gasteiger partial charge < -0.3 is 5.11 Å². The molecule has 2 N–H and O–H groups in total. The van der Waals surface area contributed by atoms with Crippen molar-refractivity contribution < 1.29 is 24.3 Å². The number of carbonyl (C=O) groups is 4. The lowest BCUT2D eigenvalue weighted by atomic mass is 9.86. The lowest BCUT2D eigenvalue weighted by Gasteiger charge is -2.21. The highest BCUT2D eigenvalue weighted by atomic mass is 16.4. The van der Waals surface area contributed by atoms with Crippen LogP contribution < -0.4 is 5.32 Å². The number of allylic oxidation sites excluding steroid dienone is 1. The normalized spacial score (nSPS) is 17.3. The molecule has 2 amide bonds. The summed E-state index contributed by atoms with van der Waals surface area (Å²) in [5, 5.41) is 11.0. The number of carboxylic acid groups (broad SMARTS) is 1. The van der Waals surface area contributed by atoms with Crippen molar-refractivity contribution in [2.45, 2.75) is 32.6 Å². The van der Waals surface area contributed by atoms with Crippen LogP contribution >= 0.6 is 0 Å². The zero-order valence-corrected chi connectivity index (χ0v) is 13.4. The van der Waals surface area contributed by atoms with E-state index in [-0.39, 0.29) is 31.0 Å². The van der Waals surface area contributed by atoms with Crippen LogP contribution in [-0.2, 0) is 20.8 Å². The van der Waals surface area contributed by atoms with E-state index in [1.54, 1.807) is 25.1 Å². The van der Waals surface area contributed by atoms with E-state index in [1.165, 1.54) is 0 Å². The summed E-state index contributed by atoms with van der Waals surface area (Å²) in [4.78, 5) is 46.5. The molecule has 2 rings (SSSR count). The third-order valence-corrected chi connectivity index (χ3v) is 3.99. The molecule has 0 bridgehead atoms. The van der Waals surface area contributed by atoms with Gasteiger partial charge >= 0.3 is 5.97 Å². The Hall–Kier alpha value is -2.76. The molecule has 1 aliphatic rings. The number of carbonyl (C=O) groups excluding carboxylic acids is 3. The second-order valence-electron chi connectivity index (χ2n) is 5.92. The highest BCUT2D eigenvalue weighted by Gasteiger charge is 2.33. The SMILES string of the molecule is C=C(C)c1cc(CCC(=O)O)ccc1C(=O)C1CCC(=O)NC1=O. The molecule has 1 aromatic rings. The largest absolute Gasteiger partial charge is 0.481 e. The van der Waals surface area contributed by atoms with Crippen LogP contribution in [0, 0.1) is 5.92 Å². The van der Waals surface area contributed by atoms with E-state index in [0.717, 1.165) is 5.56 Å². The number of carboxylic acids is 1. The summed E-state index contributed by atoms with van der Waals surface area (Å²) < 4.78 is 0. The van der Waals surface area contributed by atoms with E-state index in [0.29, 0.717) is 23.1 Å². The Balaban J connectivity index is 2.30. The molecule has 0 spiro atoms. The molecule has 1 saturated heterocycles. The molecule has 1 aromatic carbocycles.